The van der Waals surface area contributed by atoms with Crippen molar-refractivity contribution in [3.8, 4) is 16.8 Å². The second kappa shape index (κ2) is 8.93. The van der Waals surface area contributed by atoms with Crippen LogP contribution in [0.5, 0.6) is 0 Å². The number of para-hydroxylation sites is 1. The maximum Gasteiger partial charge on any atom is 0.263 e. The molecule has 0 fully saturated rings. The van der Waals surface area contributed by atoms with Gasteiger partial charge < -0.3 is 10.3 Å². The van der Waals surface area contributed by atoms with Crippen LogP contribution < -0.4 is 10.9 Å². The van der Waals surface area contributed by atoms with Crippen LogP contribution in [0.1, 0.15) is 18.7 Å². The first-order chi connectivity index (χ1) is 18.7. The zero-order valence-electron chi connectivity index (χ0n) is 20.4. The summed E-state index contributed by atoms with van der Waals surface area (Å²) in [6.07, 6.45) is 5.47. The van der Waals surface area contributed by atoms with E-state index in [1.807, 2.05) is 85.5 Å². The molecule has 0 bridgehead atoms. The number of pyridine rings is 3. The van der Waals surface area contributed by atoms with Crippen molar-refractivity contribution >= 4 is 49.2 Å². The molecular weight excluding hydrogens is 492 g/mol. The summed E-state index contributed by atoms with van der Waals surface area (Å²) in [5, 5.41) is 6.04. The van der Waals surface area contributed by atoms with Gasteiger partial charge in [0.05, 0.1) is 21.6 Å². The van der Waals surface area contributed by atoms with Gasteiger partial charge in [-0.1, -0.05) is 36.4 Å². The Bertz CT molecular complexity index is 2010. The minimum absolute atomic E-state index is 0.0815. The van der Waals surface area contributed by atoms with E-state index in [1.165, 1.54) is 0 Å². The van der Waals surface area contributed by atoms with Crippen molar-refractivity contribution in [2.45, 2.75) is 13.0 Å². The Morgan fingerprint density at radius 2 is 1.84 bits per heavy atom. The third kappa shape index (κ3) is 3.65. The summed E-state index contributed by atoms with van der Waals surface area (Å²) < 4.78 is 2.86. The van der Waals surface area contributed by atoms with E-state index in [0.717, 1.165) is 49.1 Å². The predicted octanol–water partition coefficient (Wildman–Crippen LogP) is 6.71. The number of aromatic nitrogens is 5. The molecule has 184 valence electrons. The standard InChI is InChI=1S/C30H22N6OS/c1-18(35-29-27-25(11-13-32-29)38-17-34-27)24-15-19-6-5-9-23(21-14-20-10-12-31-28(20)33-16-21)26(19)30(37)36(24)22-7-3-2-4-8-22/h2-18H,1H3,(H,31,33)(H,32,35)/t18-/m0/s1. The van der Waals surface area contributed by atoms with Crippen molar-refractivity contribution in [1.82, 2.24) is 24.5 Å². The Labute approximate surface area is 221 Å². The molecule has 0 spiro atoms. The molecule has 0 saturated carbocycles. The van der Waals surface area contributed by atoms with Gasteiger partial charge in [-0.15, -0.1) is 11.3 Å². The van der Waals surface area contributed by atoms with Gasteiger partial charge in [-0.3, -0.25) is 9.36 Å². The number of rotatable bonds is 5. The number of benzene rings is 2. The molecule has 2 N–H and O–H groups in total. The lowest BCUT2D eigenvalue weighted by atomic mass is 9.98. The molecule has 0 aliphatic rings. The maximum atomic E-state index is 14.4. The molecule has 5 aromatic heterocycles. The topological polar surface area (TPSA) is 88.5 Å². The molecule has 0 amide bonds. The van der Waals surface area contributed by atoms with Crippen molar-refractivity contribution in [2.75, 3.05) is 5.32 Å². The largest absolute Gasteiger partial charge is 0.360 e. The van der Waals surface area contributed by atoms with Crippen molar-refractivity contribution in [3.63, 3.8) is 0 Å². The van der Waals surface area contributed by atoms with E-state index in [4.69, 9.17) is 0 Å². The summed E-state index contributed by atoms with van der Waals surface area (Å²) in [6, 6.07) is 23.6. The minimum atomic E-state index is -0.228. The molecule has 38 heavy (non-hydrogen) atoms. The van der Waals surface area contributed by atoms with Crippen LogP contribution in [0.2, 0.25) is 0 Å². The van der Waals surface area contributed by atoms with Gasteiger partial charge in [0.1, 0.15) is 11.2 Å². The lowest BCUT2D eigenvalue weighted by Gasteiger charge is -2.22. The molecule has 0 radical (unpaired) electrons. The monoisotopic (exact) mass is 514 g/mol. The summed E-state index contributed by atoms with van der Waals surface area (Å²) >= 11 is 1.58. The summed E-state index contributed by atoms with van der Waals surface area (Å²) in [4.78, 5) is 31.1. The lowest BCUT2D eigenvalue weighted by molar-refractivity contribution is 0.774. The van der Waals surface area contributed by atoms with E-state index in [0.29, 0.717) is 11.2 Å². The highest BCUT2D eigenvalue weighted by Gasteiger charge is 2.20. The second-order valence-electron chi connectivity index (χ2n) is 9.18. The number of nitrogens with zero attached hydrogens (tertiary/aromatic N) is 4. The summed E-state index contributed by atoms with van der Waals surface area (Å²) in [7, 11) is 0. The highest BCUT2D eigenvalue weighted by Crippen LogP contribution is 2.32. The van der Waals surface area contributed by atoms with Gasteiger partial charge in [-0.05, 0) is 54.3 Å². The van der Waals surface area contributed by atoms with E-state index in [2.05, 4.69) is 37.4 Å². The van der Waals surface area contributed by atoms with Gasteiger partial charge in [0.25, 0.3) is 5.56 Å². The normalized spacial score (nSPS) is 12.3. The predicted molar refractivity (Wildman–Crippen MR) is 154 cm³/mol. The maximum absolute atomic E-state index is 14.4. The Morgan fingerprint density at radius 1 is 0.947 bits per heavy atom. The molecule has 5 heterocycles. The van der Waals surface area contributed by atoms with Crippen LogP contribution in [0.3, 0.4) is 0 Å². The first-order valence-corrected chi connectivity index (χ1v) is 13.2. The quantitative estimate of drug-likeness (QED) is 0.266. The fourth-order valence-corrected chi connectivity index (χ4v) is 5.72. The Hall–Kier alpha value is -4.82. The highest BCUT2D eigenvalue weighted by molar-refractivity contribution is 7.16. The van der Waals surface area contributed by atoms with Gasteiger partial charge in [0.15, 0.2) is 5.82 Å². The summed E-state index contributed by atoms with van der Waals surface area (Å²) in [6.45, 7) is 2.04. The van der Waals surface area contributed by atoms with Crippen molar-refractivity contribution in [3.05, 3.63) is 113 Å². The molecule has 7 aromatic rings. The number of fused-ring (bicyclic) bond motifs is 3. The molecule has 8 heteroatoms. The Morgan fingerprint density at radius 3 is 2.74 bits per heavy atom. The smallest absolute Gasteiger partial charge is 0.263 e. The number of nitrogens with one attached hydrogen (secondary N) is 2. The van der Waals surface area contributed by atoms with Crippen molar-refractivity contribution in [2.24, 2.45) is 0 Å². The molecule has 0 unspecified atom stereocenters. The average Bonchev–Trinajstić information content (AvgIpc) is 3.63. The molecule has 2 aromatic carbocycles. The fraction of sp³-hybridized carbons (Fsp3) is 0.0667. The molecular formula is C30H22N6OS. The van der Waals surface area contributed by atoms with E-state index < -0.39 is 0 Å². The summed E-state index contributed by atoms with van der Waals surface area (Å²) in [5.41, 5.74) is 6.78. The number of hydrogen-bond donors (Lipinski definition) is 2. The van der Waals surface area contributed by atoms with Gasteiger partial charge in [0, 0.05) is 40.9 Å². The van der Waals surface area contributed by atoms with Crippen LogP contribution in [0, 0.1) is 0 Å². The molecule has 0 aliphatic heterocycles. The van der Waals surface area contributed by atoms with Crippen LogP contribution in [-0.4, -0.2) is 24.5 Å². The molecule has 1 atom stereocenters. The zero-order valence-corrected chi connectivity index (χ0v) is 21.2. The molecule has 7 nitrogen and oxygen atoms in total. The number of thiazole rings is 1. The van der Waals surface area contributed by atoms with Gasteiger partial charge >= 0.3 is 0 Å². The molecule has 0 aliphatic carbocycles. The number of H-pyrrole nitrogens is 1. The average molecular weight is 515 g/mol. The SMILES string of the molecule is C[C@H](Nc1nccc2scnc12)c1cc2cccc(-c3cnc4[nH]ccc4c3)c2c(=O)n1-c1ccccc1. The number of anilines is 1. The second-order valence-corrected chi connectivity index (χ2v) is 10.1. The molecule has 7 rings (SSSR count). The van der Waals surface area contributed by atoms with E-state index >= 15 is 0 Å². The van der Waals surface area contributed by atoms with Gasteiger partial charge in [-0.2, -0.15) is 0 Å². The highest BCUT2D eigenvalue weighted by atomic mass is 32.1. The molecule has 0 saturated heterocycles. The van der Waals surface area contributed by atoms with Gasteiger partial charge in [-0.25, -0.2) is 15.0 Å². The lowest BCUT2D eigenvalue weighted by Crippen LogP contribution is -2.26. The first-order valence-electron chi connectivity index (χ1n) is 12.3. The van der Waals surface area contributed by atoms with Crippen LogP contribution in [0.25, 0.3) is 48.8 Å². The van der Waals surface area contributed by atoms with Crippen molar-refractivity contribution in [1.29, 1.82) is 0 Å². The Kier molecular flexibility index (Phi) is 5.26. The number of hydrogen-bond acceptors (Lipinski definition) is 6. The first kappa shape index (κ1) is 22.4. The zero-order chi connectivity index (χ0) is 25.6. The van der Waals surface area contributed by atoms with Crippen LogP contribution in [0.4, 0.5) is 5.82 Å². The summed E-state index contributed by atoms with van der Waals surface area (Å²) in [5.74, 6) is 0.697. The minimum Gasteiger partial charge on any atom is -0.360 e. The number of aromatic amines is 1. The third-order valence-corrected chi connectivity index (χ3v) is 7.64. The van der Waals surface area contributed by atoms with Crippen LogP contribution >= 0.6 is 11.3 Å². The van der Waals surface area contributed by atoms with E-state index in [-0.39, 0.29) is 11.6 Å². The van der Waals surface area contributed by atoms with Crippen LogP contribution in [-0.2, 0) is 0 Å². The Balaban J connectivity index is 1.44. The van der Waals surface area contributed by atoms with Crippen molar-refractivity contribution < 1.29 is 0 Å². The third-order valence-electron chi connectivity index (χ3n) is 6.85. The van der Waals surface area contributed by atoms with E-state index in [1.54, 1.807) is 22.1 Å². The van der Waals surface area contributed by atoms with E-state index in [9.17, 15) is 4.79 Å². The van der Waals surface area contributed by atoms with Crippen LogP contribution in [0.15, 0.2) is 102 Å². The fourth-order valence-electron chi connectivity index (χ4n) is 5.05. The van der Waals surface area contributed by atoms with Gasteiger partial charge in [0.2, 0.25) is 0 Å².